The first-order chi connectivity index (χ1) is 4.41. The van der Waals surface area contributed by atoms with Gasteiger partial charge in [0.05, 0.1) is 0 Å². The molecule has 0 aliphatic heterocycles. The second kappa shape index (κ2) is 8.54. The average Bonchev–Trinajstić information content (AvgIpc) is 1.89. The van der Waals surface area contributed by atoms with Crippen LogP contribution in [0.1, 0.15) is 26.2 Å². The van der Waals surface area contributed by atoms with Crippen molar-refractivity contribution in [3.05, 3.63) is 12.7 Å². The Morgan fingerprint density at radius 1 is 1.44 bits per heavy atom. The molecule has 0 radical (unpaired) electrons. The van der Waals surface area contributed by atoms with Crippen molar-refractivity contribution < 1.29 is 0 Å². The van der Waals surface area contributed by atoms with Crippen LogP contribution in [0.2, 0.25) is 8.87 Å². The molecule has 0 aromatic heterocycles. The molecule has 0 aliphatic carbocycles. The van der Waals surface area contributed by atoms with Crippen molar-refractivity contribution in [2.45, 2.75) is 35.1 Å². The Balaban J connectivity index is 2.66. The Kier molecular flexibility index (Phi) is 9.05. The van der Waals surface area contributed by atoms with E-state index < -0.39 is 0 Å². The van der Waals surface area contributed by atoms with Gasteiger partial charge in [-0.1, -0.05) is 0 Å². The van der Waals surface area contributed by atoms with Crippen LogP contribution >= 0.6 is 0 Å². The molecule has 0 unspecified atom stereocenters. The van der Waals surface area contributed by atoms with E-state index in [-0.39, 0.29) is 21.1 Å². The summed E-state index contributed by atoms with van der Waals surface area (Å²) >= 11 is 0.0782. The minimum absolute atomic E-state index is 0.0782. The van der Waals surface area contributed by atoms with Crippen LogP contribution in [0.4, 0.5) is 0 Å². The fourth-order valence-corrected chi connectivity index (χ4v) is 4.23. The van der Waals surface area contributed by atoms with Crippen molar-refractivity contribution >= 4 is 21.1 Å². The van der Waals surface area contributed by atoms with Gasteiger partial charge in [-0.15, -0.1) is 0 Å². The normalized spacial score (nSPS) is 8.56. The van der Waals surface area contributed by atoms with E-state index in [2.05, 4.69) is 13.5 Å². The van der Waals surface area contributed by atoms with Gasteiger partial charge in [-0.25, -0.2) is 0 Å². The Morgan fingerprint density at radius 2 is 2.22 bits per heavy atom. The maximum atomic E-state index is 3.71. The third-order valence-electron chi connectivity index (χ3n) is 1.23. The van der Waals surface area contributed by atoms with Gasteiger partial charge in [-0.05, 0) is 0 Å². The Bertz CT molecular complexity index is 59.6. The zero-order chi connectivity index (χ0) is 6.95. The Labute approximate surface area is 68.9 Å². The van der Waals surface area contributed by atoms with Crippen LogP contribution in [0.25, 0.3) is 0 Å². The van der Waals surface area contributed by atoms with Gasteiger partial charge >= 0.3 is 68.9 Å². The van der Waals surface area contributed by atoms with E-state index in [0.717, 1.165) is 0 Å². The predicted octanol–water partition coefficient (Wildman–Crippen LogP) is 2.90. The van der Waals surface area contributed by atoms with Crippen LogP contribution in [-0.2, 0) is 0 Å². The van der Waals surface area contributed by atoms with Crippen LogP contribution in [0.3, 0.4) is 0 Å². The average molecular weight is 231 g/mol. The quantitative estimate of drug-likeness (QED) is 0.374. The van der Waals surface area contributed by atoms with Gasteiger partial charge in [0, 0.05) is 0 Å². The zero-order valence-electron chi connectivity index (χ0n) is 6.32. The third kappa shape index (κ3) is 8.54. The summed E-state index contributed by atoms with van der Waals surface area (Å²) < 4.78 is 3.08. The first-order valence-electron chi connectivity index (χ1n) is 3.73. The molecule has 0 nitrogen and oxygen atoms in total. The minimum atomic E-state index is 0.0782. The molecule has 0 aromatic rings. The fourth-order valence-electron chi connectivity index (χ4n) is 0.631. The van der Waals surface area contributed by atoms with E-state index in [1.807, 2.05) is 6.08 Å². The molecule has 0 bridgehead atoms. The second-order valence-electron chi connectivity index (χ2n) is 2.18. The summed E-state index contributed by atoms with van der Waals surface area (Å²) in [4.78, 5) is 0. The molecule has 0 atom stereocenters. The Morgan fingerprint density at radius 3 is 2.78 bits per heavy atom. The molecule has 1 heteroatoms. The molecule has 0 aliphatic rings. The molecule has 0 N–H and O–H groups in total. The molecule has 0 rings (SSSR count). The SMILES string of the molecule is C=CC[CH2][Sn+2][CH2]CCC. The molecule has 0 heterocycles. The summed E-state index contributed by atoms with van der Waals surface area (Å²) in [5.74, 6) is 0. The van der Waals surface area contributed by atoms with Crippen molar-refractivity contribution in [2.24, 2.45) is 0 Å². The molecule has 9 heavy (non-hydrogen) atoms. The van der Waals surface area contributed by atoms with Crippen LogP contribution in [0.5, 0.6) is 0 Å². The molecule has 50 valence electrons. The first kappa shape index (κ1) is 9.54. The standard InChI is InChI=1S/C4H9.C4H7.Sn/c2*1-3-4-2;/h1,3-4H2,2H3;3H,1-2,4H2;/q;;+2. The summed E-state index contributed by atoms with van der Waals surface area (Å²) in [6.07, 6.45) is 6.18. The number of hydrogen-bond acceptors (Lipinski definition) is 0. The van der Waals surface area contributed by atoms with Gasteiger partial charge in [0.15, 0.2) is 0 Å². The van der Waals surface area contributed by atoms with E-state index in [1.165, 1.54) is 23.7 Å². The van der Waals surface area contributed by atoms with Gasteiger partial charge in [0.1, 0.15) is 0 Å². The van der Waals surface area contributed by atoms with Crippen molar-refractivity contribution in [1.82, 2.24) is 0 Å². The van der Waals surface area contributed by atoms with Gasteiger partial charge in [-0.2, -0.15) is 0 Å². The zero-order valence-corrected chi connectivity index (χ0v) is 9.17. The van der Waals surface area contributed by atoms with Gasteiger partial charge in [0.2, 0.25) is 0 Å². The van der Waals surface area contributed by atoms with Crippen molar-refractivity contribution in [1.29, 1.82) is 0 Å². The second-order valence-corrected chi connectivity index (χ2v) is 6.46. The molecule has 0 saturated carbocycles. The van der Waals surface area contributed by atoms with Gasteiger partial charge < -0.3 is 0 Å². The molecule has 0 aromatic carbocycles. The molecule has 0 amide bonds. The number of rotatable bonds is 6. The van der Waals surface area contributed by atoms with Crippen molar-refractivity contribution in [3.8, 4) is 0 Å². The topological polar surface area (TPSA) is 0 Å². The number of unbranched alkanes of at least 4 members (excludes halogenated alkanes) is 1. The summed E-state index contributed by atoms with van der Waals surface area (Å²) in [7, 11) is 0. The summed E-state index contributed by atoms with van der Waals surface area (Å²) in [6.45, 7) is 5.98. The fraction of sp³-hybridized carbons (Fsp3) is 0.750. The van der Waals surface area contributed by atoms with Crippen LogP contribution in [0, 0.1) is 0 Å². The van der Waals surface area contributed by atoms with E-state index in [9.17, 15) is 0 Å². The van der Waals surface area contributed by atoms with E-state index in [0.29, 0.717) is 0 Å². The van der Waals surface area contributed by atoms with Gasteiger partial charge in [0.25, 0.3) is 0 Å². The van der Waals surface area contributed by atoms with Crippen LogP contribution in [0.15, 0.2) is 12.7 Å². The molecular weight excluding hydrogens is 215 g/mol. The Hall–Kier alpha value is 0.539. The molecule has 0 saturated heterocycles. The van der Waals surface area contributed by atoms with E-state index in [1.54, 1.807) is 4.44 Å². The summed E-state index contributed by atoms with van der Waals surface area (Å²) in [5, 5.41) is 0. The summed E-state index contributed by atoms with van der Waals surface area (Å²) in [5.41, 5.74) is 0. The van der Waals surface area contributed by atoms with Crippen molar-refractivity contribution in [3.63, 3.8) is 0 Å². The molecule has 0 fully saturated rings. The van der Waals surface area contributed by atoms with Crippen molar-refractivity contribution in [2.75, 3.05) is 0 Å². The van der Waals surface area contributed by atoms with E-state index in [4.69, 9.17) is 0 Å². The predicted molar refractivity (Wildman–Crippen MR) is 45.1 cm³/mol. The van der Waals surface area contributed by atoms with Gasteiger partial charge in [-0.3, -0.25) is 0 Å². The van der Waals surface area contributed by atoms with E-state index >= 15 is 0 Å². The van der Waals surface area contributed by atoms with Crippen LogP contribution < -0.4 is 0 Å². The number of allylic oxidation sites excluding steroid dienone is 1. The molecule has 0 spiro atoms. The first-order valence-corrected chi connectivity index (χ1v) is 7.77. The molecular formula is C8H16Sn+2. The summed E-state index contributed by atoms with van der Waals surface area (Å²) in [6, 6.07) is 0. The maximum absolute atomic E-state index is 3.71. The monoisotopic (exact) mass is 232 g/mol. The third-order valence-corrected chi connectivity index (χ3v) is 5.08. The number of hydrogen-bond donors (Lipinski definition) is 0. The van der Waals surface area contributed by atoms with Crippen LogP contribution in [-0.4, -0.2) is 21.1 Å².